The van der Waals surface area contributed by atoms with Gasteiger partial charge in [-0.15, -0.1) is 0 Å². The van der Waals surface area contributed by atoms with Crippen molar-refractivity contribution in [2.45, 2.75) is 32.2 Å². The van der Waals surface area contributed by atoms with Gasteiger partial charge in [-0.1, -0.05) is 6.07 Å². The zero-order valence-electron chi connectivity index (χ0n) is 13.4. The number of aromatic nitrogens is 2. The van der Waals surface area contributed by atoms with Crippen molar-refractivity contribution in [1.82, 2.24) is 15.5 Å². The SMILES string of the molecule is COc1ccc(CNC(=O)c2n[nH]c3c2CCCC3)cc1OC. The highest BCUT2D eigenvalue weighted by Crippen LogP contribution is 2.27. The summed E-state index contributed by atoms with van der Waals surface area (Å²) in [6.45, 7) is 0.417. The van der Waals surface area contributed by atoms with Crippen LogP contribution < -0.4 is 14.8 Å². The summed E-state index contributed by atoms with van der Waals surface area (Å²) in [5, 5.41) is 10.1. The van der Waals surface area contributed by atoms with Crippen LogP contribution in [0.3, 0.4) is 0 Å². The van der Waals surface area contributed by atoms with E-state index in [0.717, 1.165) is 42.5 Å². The molecular formula is C17H21N3O3. The molecule has 1 aromatic carbocycles. The van der Waals surface area contributed by atoms with Crippen LogP contribution in [0, 0.1) is 0 Å². The Morgan fingerprint density at radius 3 is 2.78 bits per heavy atom. The minimum absolute atomic E-state index is 0.140. The van der Waals surface area contributed by atoms with E-state index in [9.17, 15) is 4.79 Å². The zero-order chi connectivity index (χ0) is 16.2. The first kappa shape index (κ1) is 15.4. The molecule has 0 bridgehead atoms. The minimum Gasteiger partial charge on any atom is -0.493 e. The van der Waals surface area contributed by atoms with Gasteiger partial charge < -0.3 is 14.8 Å². The van der Waals surface area contributed by atoms with Gasteiger partial charge in [-0.2, -0.15) is 5.10 Å². The molecule has 1 amide bonds. The van der Waals surface area contributed by atoms with Crippen molar-refractivity contribution >= 4 is 5.91 Å². The second kappa shape index (κ2) is 6.73. The Hall–Kier alpha value is -2.50. The summed E-state index contributed by atoms with van der Waals surface area (Å²) in [6, 6.07) is 5.59. The Morgan fingerprint density at radius 1 is 1.22 bits per heavy atom. The van der Waals surface area contributed by atoms with Crippen molar-refractivity contribution in [3.63, 3.8) is 0 Å². The van der Waals surface area contributed by atoms with E-state index in [0.29, 0.717) is 23.7 Å². The van der Waals surface area contributed by atoms with E-state index in [2.05, 4.69) is 15.5 Å². The van der Waals surface area contributed by atoms with E-state index in [4.69, 9.17) is 9.47 Å². The van der Waals surface area contributed by atoms with E-state index < -0.39 is 0 Å². The number of aryl methyl sites for hydroxylation is 1. The maximum atomic E-state index is 12.4. The molecule has 3 rings (SSSR count). The number of aromatic amines is 1. The standard InChI is InChI=1S/C17H21N3O3/c1-22-14-8-7-11(9-15(14)23-2)10-18-17(21)16-12-5-3-4-6-13(12)19-20-16/h7-9H,3-6,10H2,1-2H3,(H,18,21)(H,19,20). The third kappa shape index (κ3) is 3.16. The maximum Gasteiger partial charge on any atom is 0.272 e. The average molecular weight is 315 g/mol. The summed E-state index contributed by atoms with van der Waals surface area (Å²) in [6.07, 6.45) is 4.17. The molecule has 0 saturated heterocycles. The van der Waals surface area contributed by atoms with Crippen LogP contribution in [0.2, 0.25) is 0 Å². The number of nitrogens with one attached hydrogen (secondary N) is 2. The summed E-state index contributed by atoms with van der Waals surface area (Å²) in [7, 11) is 3.19. The lowest BCUT2D eigenvalue weighted by atomic mass is 9.96. The van der Waals surface area contributed by atoms with Crippen molar-refractivity contribution in [2.75, 3.05) is 14.2 Å². The van der Waals surface area contributed by atoms with Crippen LogP contribution in [0.4, 0.5) is 0 Å². The zero-order valence-corrected chi connectivity index (χ0v) is 13.4. The molecule has 1 aliphatic carbocycles. The smallest absolute Gasteiger partial charge is 0.272 e. The predicted molar refractivity (Wildman–Crippen MR) is 85.9 cm³/mol. The molecule has 1 aliphatic rings. The van der Waals surface area contributed by atoms with Gasteiger partial charge >= 0.3 is 0 Å². The molecule has 0 saturated carbocycles. The molecular weight excluding hydrogens is 294 g/mol. The Labute approximate surface area is 135 Å². The quantitative estimate of drug-likeness (QED) is 0.887. The van der Waals surface area contributed by atoms with Crippen LogP contribution in [0.1, 0.15) is 40.2 Å². The highest BCUT2D eigenvalue weighted by Gasteiger charge is 2.21. The van der Waals surface area contributed by atoms with Gasteiger partial charge in [0, 0.05) is 17.8 Å². The number of carbonyl (C=O) groups excluding carboxylic acids is 1. The van der Waals surface area contributed by atoms with Gasteiger partial charge in [0.2, 0.25) is 0 Å². The fourth-order valence-corrected chi connectivity index (χ4v) is 2.93. The molecule has 23 heavy (non-hydrogen) atoms. The number of benzene rings is 1. The molecule has 0 spiro atoms. The fourth-order valence-electron chi connectivity index (χ4n) is 2.93. The van der Waals surface area contributed by atoms with E-state index in [-0.39, 0.29) is 5.91 Å². The highest BCUT2D eigenvalue weighted by molar-refractivity contribution is 5.94. The first-order valence-corrected chi connectivity index (χ1v) is 7.78. The highest BCUT2D eigenvalue weighted by atomic mass is 16.5. The lowest BCUT2D eigenvalue weighted by Gasteiger charge is -2.12. The molecule has 0 atom stereocenters. The lowest BCUT2D eigenvalue weighted by Crippen LogP contribution is -2.24. The average Bonchev–Trinajstić information content (AvgIpc) is 3.03. The second-order valence-corrected chi connectivity index (χ2v) is 5.61. The Bertz CT molecular complexity index is 709. The van der Waals surface area contributed by atoms with Gasteiger partial charge in [0.25, 0.3) is 5.91 Å². The molecule has 0 radical (unpaired) electrons. The van der Waals surface area contributed by atoms with Crippen molar-refractivity contribution in [2.24, 2.45) is 0 Å². The van der Waals surface area contributed by atoms with Crippen molar-refractivity contribution in [3.8, 4) is 11.5 Å². The van der Waals surface area contributed by atoms with Gasteiger partial charge in [0.05, 0.1) is 14.2 Å². The summed E-state index contributed by atoms with van der Waals surface area (Å²) in [5.74, 6) is 1.18. The number of hydrogen-bond donors (Lipinski definition) is 2. The molecule has 6 heteroatoms. The van der Waals surface area contributed by atoms with Crippen molar-refractivity contribution in [1.29, 1.82) is 0 Å². The van der Waals surface area contributed by atoms with E-state index in [1.165, 1.54) is 0 Å². The number of amides is 1. The number of carbonyl (C=O) groups is 1. The van der Waals surface area contributed by atoms with E-state index >= 15 is 0 Å². The molecule has 2 aromatic rings. The van der Waals surface area contributed by atoms with Crippen molar-refractivity contribution in [3.05, 3.63) is 40.7 Å². The number of ether oxygens (including phenoxy) is 2. The molecule has 122 valence electrons. The molecule has 0 unspecified atom stereocenters. The molecule has 0 aliphatic heterocycles. The minimum atomic E-state index is -0.140. The molecule has 6 nitrogen and oxygen atoms in total. The van der Waals surface area contributed by atoms with Gasteiger partial charge in [0.1, 0.15) is 0 Å². The number of methoxy groups -OCH3 is 2. The van der Waals surface area contributed by atoms with Crippen LogP contribution >= 0.6 is 0 Å². The van der Waals surface area contributed by atoms with Crippen LogP contribution in [0.25, 0.3) is 0 Å². The topological polar surface area (TPSA) is 76.2 Å². The number of hydrogen-bond acceptors (Lipinski definition) is 4. The molecule has 0 fully saturated rings. The van der Waals surface area contributed by atoms with Crippen LogP contribution in [-0.4, -0.2) is 30.3 Å². The third-order valence-electron chi connectivity index (χ3n) is 4.17. The molecule has 1 heterocycles. The van der Waals surface area contributed by atoms with E-state index in [1.807, 2.05) is 18.2 Å². The first-order chi connectivity index (χ1) is 11.2. The lowest BCUT2D eigenvalue weighted by molar-refractivity contribution is 0.0945. The second-order valence-electron chi connectivity index (χ2n) is 5.61. The van der Waals surface area contributed by atoms with Crippen LogP contribution in [0.15, 0.2) is 18.2 Å². The van der Waals surface area contributed by atoms with Crippen molar-refractivity contribution < 1.29 is 14.3 Å². The van der Waals surface area contributed by atoms with E-state index in [1.54, 1.807) is 14.2 Å². The van der Waals surface area contributed by atoms with Crippen LogP contribution in [-0.2, 0) is 19.4 Å². The Morgan fingerprint density at radius 2 is 2.00 bits per heavy atom. The third-order valence-corrected chi connectivity index (χ3v) is 4.17. The normalized spacial score (nSPS) is 13.3. The predicted octanol–water partition coefficient (Wildman–Crippen LogP) is 2.24. The molecule has 1 aromatic heterocycles. The Balaban J connectivity index is 1.68. The van der Waals surface area contributed by atoms with Gasteiger partial charge in [0.15, 0.2) is 17.2 Å². The molecule has 2 N–H and O–H groups in total. The van der Waals surface area contributed by atoms with Gasteiger partial charge in [-0.05, 0) is 43.4 Å². The summed E-state index contributed by atoms with van der Waals surface area (Å²) in [4.78, 5) is 12.4. The van der Waals surface area contributed by atoms with Gasteiger partial charge in [-0.25, -0.2) is 0 Å². The monoisotopic (exact) mass is 315 g/mol. The summed E-state index contributed by atoms with van der Waals surface area (Å²) >= 11 is 0. The summed E-state index contributed by atoms with van der Waals surface area (Å²) in [5.41, 5.74) is 3.65. The summed E-state index contributed by atoms with van der Waals surface area (Å²) < 4.78 is 10.5. The Kier molecular flexibility index (Phi) is 4.50. The van der Waals surface area contributed by atoms with Crippen LogP contribution in [0.5, 0.6) is 11.5 Å². The first-order valence-electron chi connectivity index (χ1n) is 7.78. The largest absolute Gasteiger partial charge is 0.493 e. The number of fused-ring (bicyclic) bond motifs is 1. The number of nitrogens with zero attached hydrogens (tertiary/aromatic N) is 1. The maximum absolute atomic E-state index is 12.4. The fraction of sp³-hybridized carbons (Fsp3) is 0.412. The van der Waals surface area contributed by atoms with Gasteiger partial charge in [-0.3, -0.25) is 9.89 Å². The number of rotatable bonds is 5. The number of H-pyrrole nitrogens is 1.